The molecule has 0 heterocycles. The van der Waals surface area contributed by atoms with Crippen molar-refractivity contribution in [2.45, 2.75) is 277 Å². The molecule has 6 heteroatoms. The summed E-state index contributed by atoms with van der Waals surface area (Å²) in [6.07, 6.45) is 72.9. The quantitative estimate of drug-likeness (QED) is 0.0262. The molecule has 0 saturated carbocycles. The second kappa shape index (κ2) is 56.2. The first-order chi connectivity index (χ1) is 33.5. The van der Waals surface area contributed by atoms with Gasteiger partial charge in [-0.2, -0.15) is 0 Å². The highest BCUT2D eigenvalue weighted by molar-refractivity contribution is 5.71. The topological polar surface area (TPSA) is 78.9 Å². The van der Waals surface area contributed by atoms with E-state index in [1.165, 1.54) is 135 Å². The summed E-state index contributed by atoms with van der Waals surface area (Å²) in [5.74, 6) is -0.967. The number of carbonyl (C=O) groups is 3. The van der Waals surface area contributed by atoms with E-state index in [4.69, 9.17) is 14.2 Å². The molecule has 0 aromatic heterocycles. The minimum absolute atomic E-state index is 0.102. The van der Waals surface area contributed by atoms with E-state index in [1.54, 1.807) is 0 Å². The SMILES string of the molecule is CC/C=C\C/C=C\C/C=C\C/C=C\C/C=C\CCCC(=O)O[C@H](COC(=O)CCCCCCC/C=C\CCCCCCC)COC(=O)CCCCCCCCCCC/C=C\CCCCCCCC. The van der Waals surface area contributed by atoms with Crippen LogP contribution in [0.15, 0.2) is 85.1 Å². The van der Waals surface area contributed by atoms with Gasteiger partial charge in [0.05, 0.1) is 0 Å². The van der Waals surface area contributed by atoms with Crippen LogP contribution < -0.4 is 0 Å². The molecule has 0 rings (SSSR count). The molecule has 0 saturated heterocycles. The Labute approximate surface area is 420 Å². The summed E-state index contributed by atoms with van der Waals surface area (Å²) in [5, 5.41) is 0. The van der Waals surface area contributed by atoms with Crippen molar-refractivity contribution in [2.24, 2.45) is 0 Å². The van der Waals surface area contributed by atoms with E-state index in [0.29, 0.717) is 19.3 Å². The van der Waals surface area contributed by atoms with Gasteiger partial charge in [0.15, 0.2) is 6.10 Å². The fourth-order valence-corrected chi connectivity index (χ4v) is 7.82. The zero-order chi connectivity index (χ0) is 49.3. The highest BCUT2D eigenvalue weighted by atomic mass is 16.6. The number of hydrogen-bond donors (Lipinski definition) is 0. The van der Waals surface area contributed by atoms with Gasteiger partial charge in [-0.3, -0.25) is 14.4 Å². The van der Waals surface area contributed by atoms with Crippen LogP contribution in [0.5, 0.6) is 0 Å². The van der Waals surface area contributed by atoms with E-state index in [1.807, 2.05) is 0 Å². The van der Waals surface area contributed by atoms with Crippen LogP contribution in [0.1, 0.15) is 271 Å². The minimum Gasteiger partial charge on any atom is -0.462 e. The van der Waals surface area contributed by atoms with Crippen LogP contribution >= 0.6 is 0 Å². The average molecular weight is 948 g/mol. The van der Waals surface area contributed by atoms with Gasteiger partial charge in [-0.05, 0) is 109 Å². The molecule has 390 valence electrons. The lowest BCUT2D eigenvalue weighted by molar-refractivity contribution is -0.167. The Morgan fingerprint density at radius 2 is 0.588 bits per heavy atom. The number of ether oxygens (including phenoxy) is 3. The zero-order valence-corrected chi connectivity index (χ0v) is 44.6. The second-order valence-electron chi connectivity index (χ2n) is 18.8. The third kappa shape index (κ3) is 53.5. The first-order valence-corrected chi connectivity index (χ1v) is 28.6. The molecule has 0 amide bonds. The van der Waals surface area contributed by atoms with Crippen LogP contribution in [0.4, 0.5) is 0 Å². The maximum Gasteiger partial charge on any atom is 0.306 e. The Balaban J connectivity index is 4.46. The lowest BCUT2D eigenvalue weighted by Gasteiger charge is -2.18. The summed E-state index contributed by atoms with van der Waals surface area (Å²) in [6, 6.07) is 0. The molecular weight excluding hydrogens is 841 g/mol. The first-order valence-electron chi connectivity index (χ1n) is 28.6. The van der Waals surface area contributed by atoms with Gasteiger partial charge < -0.3 is 14.2 Å². The highest BCUT2D eigenvalue weighted by Gasteiger charge is 2.19. The normalized spacial score (nSPS) is 12.7. The van der Waals surface area contributed by atoms with Crippen molar-refractivity contribution in [3.05, 3.63) is 85.1 Å². The van der Waals surface area contributed by atoms with Crippen LogP contribution in [-0.2, 0) is 28.6 Å². The molecule has 0 bridgehead atoms. The number of carbonyl (C=O) groups excluding carboxylic acids is 3. The Kier molecular flexibility index (Phi) is 53.4. The Morgan fingerprint density at radius 1 is 0.309 bits per heavy atom. The summed E-state index contributed by atoms with van der Waals surface area (Å²) >= 11 is 0. The lowest BCUT2D eigenvalue weighted by Crippen LogP contribution is -2.30. The van der Waals surface area contributed by atoms with Gasteiger partial charge in [0, 0.05) is 19.3 Å². The van der Waals surface area contributed by atoms with Gasteiger partial charge >= 0.3 is 17.9 Å². The number of esters is 3. The number of unbranched alkanes of at least 4 members (excludes halogenated alkanes) is 26. The minimum atomic E-state index is -0.811. The summed E-state index contributed by atoms with van der Waals surface area (Å²) in [4.78, 5) is 38.1. The van der Waals surface area contributed by atoms with Crippen molar-refractivity contribution >= 4 is 17.9 Å². The van der Waals surface area contributed by atoms with Crippen molar-refractivity contribution in [1.29, 1.82) is 0 Å². The van der Waals surface area contributed by atoms with Crippen LogP contribution in [0.25, 0.3) is 0 Å². The zero-order valence-electron chi connectivity index (χ0n) is 44.6. The first kappa shape index (κ1) is 64.6. The number of hydrogen-bond acceptors (Lipinski definition) is 6. The average Bonchev–Trinajstić information content (AvgIpc) is 3.34. The molecule has 0 aromatic rings. The molecular formula is C62H106O6. The van der Waals surface area contributed by atoms with Crippen molar-refractivity contribution in [1.82, 2.24) is 0 Å². The van der Waals surface area contributed by atoms with Gasteiger partial charge in [0.25, 0.3) is 0 Å². The Hall–Kier alpha value is -3.41. The monoisotopic (exact) mass is 947 g/mol. The van der Waals surface area contributed by atoms with Crippen molar-refractivity contribution in [3.8, 4) is 0 Å². The molecule has 0 aromatic carbocycles. The van der Waals surface area contributed by atoms with Gasteiger partial charge in [0.2, 0.25) is 0 Å². The van der Waals surface area contributed by atoms with Crippen LogP contribution in [0.2, 0.25) is 0 Å². The molecule has 0 N–H and O–H groups in total. The van der Waals surface area contributed by atoms with Crippen molar-refractivity contribution in [3.63, 3.8) is 0 Å². The van der Waals surface area contributed by atoms with E-state index in [2.05, 4.69) is 106 Å². The highest BCUT2D eigenvalue weighted by Crippen LogP contribution is 2.15. The fraction of sp³-hybridized carbons (Fsp3) is 0.726. The fourth-order valence-electron chi connectivity index (χ4n) is 7.82. The molecule has 68 heavy (non-hydrogen) atoms. The predicted molar refractivity (Wildman–Crippen MR) is 293 cm³/mol. The number of rotatable bonds is 51. The maximum absolute atomic E-state index is 12.8. The summed E-state index contributed by atoms with van der Waals surface area (Å²) in [6.45, 7) is 6.47. The third-order valence-electron chi connectivity index (χ3n) is 12.1. The van der Waals surface area contributed by atoms with Crippen LogP contribution in [-0.4, -0.2) is 37.2 Å². The molecule has 0 radical (unpaired) electrons. The predicted octanol–water partition coefficient (Wildman–Crippen LogP) is 19.2. The van der Waals surface area contributed by atoms with Gasteiger partial charge in [0.1, 0.15) is 13.2 Å². The summed E-state index contributed by atoms with van der Waals surface area (Å²) in [7, 11) is 0. The van der Waals surface area contributed by atoms with Crippen molar-refractivity contribution in [2.75, 3.05) is 13.2 Å². The summed E-state index contributed by atoms with van der Waals surface area (Å²) in [5.41, 5.74) is 0. The van der Waals surface area contributed by atoms with Gasteiger partial charge in [-0.15, -0.1) is 0 Å². The second-order valence-corrected chi connectivity index (χ2v) is 18.8. The molecule has 0 fully saturated rings. The Bertz CT molecular complexity index is 1320. The molecule has 0 aliphatic heterocycles. The Morgan fingerprint density at radius 3 is 0.956 bits per heavy atom. The lowest BCUT2D eigenvalue weighted by atomic mass is 10.1. The van der Waals surface area contributed by atoms with E-state index < -0.39 is 6.10 Å². The molecule has 0 unspecified atom stereocenters. The van der Waals surface area contributed by atoms with Crippen LogP contribution in [0.3, 0.4) is 0 Å². The molecule has 1 atom stereocenters. The standard InChI is InChI=1S/C62H106O6/c1-4-7-10-13-16-19-22-25-28-30-31-33-34-37-40-43-46-49-52-55-61(64)67-58-59(57-66-60(63)54-51-48-45-42-39-36-27-24-21-18-15-12-9-6-3)68-62(65)56-53-50-47-44-41-38-35-32-29-26-23-20-17-14-11-8-5-2/h8,11,17,20,24-29,35,38,44,47,59H,4-7,9-10,12-16,18-19,21-23,30-34,36-37,39-43,45-46,48-58H2,1-3H3/b11-8-,20-17-,27-24-,28-25-,29-26-,38-35-,47-44-/t59-/m1/s1. The molecule has 0 spiro atoms. The maximum atomic E-state index is 12.8. The summed E-state index contributed by atoms with van der Waals surface area (Å²) < 4.78 is 16.8. The third-order valence-corrected chi connectivity index (χ3v) is 12.1. The largest absolute Gasteiger partial charge is 0.462 e. The van der Waals surface area contributed by atoms with E-state index >= 15 is 0 Å². The van der Waals surface area contributed by atoms with Crippen LogP contribution in [0, 0.1) is 0 Å². The van der Waals surface area contributed by atoms with Gasteiger partial charge in [-0.25, -0.2) is 0 Å². The van der Waals surface area contributed by atoms with E-state index in [9.17, 15) is 14.4 Å². The van der Waals surface area contributed by atoms with Gasteiger partial charge in [-0.1, -0.05) is 228 Å². The molecule has 6 nitrogen and oxygen atoms in total. The molecule has 0 aliphatic carbocycles. The van der Waals surface area contributed by atoms with Crippen molar-refractivity contribution < 1.29 is 28.6 Å². The molecule has 0 aliphatic rings. The number of allylic oxidation sites excluding steroid dienone is 14. The van der Waals surface area contributed by atoms with E-state index in [0.717, 1.165) is 89.9 Å². The smallest absolute Gasteiger partial charge is 0.306 e. The van der Waals surface area contributed by atoms with E-state index in [-0.39, 0.29) is 37.5 Å².